The van der Waals surface area contributed by atoms with Gasteiger partial charge in [0.2, 0.25) is 0 Å². The monoisotopic (exact) mass is 266 g/mol. The molecule has 0 aliphatic carbocycles. The van der Waals surface area contributed by atoms with Gasteiger partial charge in [0.15, 0.2) is 0 Å². The standard InChI is InChI=1S/C12H15BrN2/c13-11-7-10(8-14-9-11)12-3-1-5-15(12)6-2-4-12/h7-9H,1-6H2. The van der Waals surface area contributed by atoms with Gasteiger partial charge in [-0.15, -0.1) is 0 Å². The summed E-state index contributed by atoms with van der Waals surface area (Å²) >= 11 is 3.52. The van der Waals surface area contributed by atoms with Gasteiger partial charge in [-0.25, -0.2) is 0 Å². The van der Waals surface area contributed by atoms with Crippen LogP contribution in [0.2, 0.25) is 0 Å². The van der Waals surface area contributed by atoms with Crippen molar-refractivity contribution in [3.8, 4) is 0 Å². The molecule has 1 aromatic heterocycles. The lowest BCUT2D eigenvalue weighted by Crippen LogP contribution is -2.35. The Hall–Kier alpha value is -0.410. The Kier molecular flexibility index (Phi) is 2.33. The Morgan fingerprint density at radius 3 is 2.60 bits per heavy atom. The van der Waals surface area contributed by atoms with Gasteiger partial charge in [0.05, 0.1) is 0 Å². The molecule has 0 amide bonds. The van der Waals surface area contributed by atoms with E-state index in [-0.39, 0.29) is 0 Å². The van der Waals surface area contributed by atoms with E-state index in [4.69, 9.17) is 0 Å². The molecule has 2 aliphatic rings. The highest BCUT2D eigenvalue weighted by atomic mass is 79.9. The third-order valence-corrected chi connectivity index (χ3v) is 4.32. The molecule has 0 atom stereocenters. The second kappa shape index (κ2) is 3.56. The van der Waals surface area contributed by atoms with E-state index >= 15 is 0 Å². The van der Waals surface area contributed by atoms with Crippen molar-refractivity contribution in [2.45, 2.75) is 31.2 Å². The normalized spacial score (nSPS) is 24.3. The van der Waals surface area contributed by atoms with Crippen LogP contribution >= 0.6 is 15.9 Å². The molecule has 0 spiro atoms. The van der Waals surface area contributed by atoms with Crippen molar-refractivity contribution in [3.05, 3.63) is 28.5 Å². The Morgan fingerprint density at radius 1 is 1.20 bits per heavy atom. The first kappa shape index (κ1) is 9.79. The maximum absolute atomic E-state index is 4.31. The second-order valence-electron chi connectivity index (χ2n) is 4.62. The second-order valence-corrected chi connectivity index (χ2v) is 5.53. The third kappa shape index (κ3) is 1.44. The van der Waals surface area contributed by atoms with E-state index in [0.29, 0.717) is 5.54 Å². The Labute approximate surface area is 98.8 Å². The molecular formula is C12H15BrN2. The Balaban J connectivity index is 2.04. The molecule has 0 aromatic carbocycles. The van der Waals surface area contributed by atoms with E-state index in [0.717, 1.165) is 4.47 Å². The maximum Gasteiger partial charge on any atom is 0.0477 e. The number of hydrogen-bond acceptors (Lipinski definition) is 2. The maximum atomic E-state index is 4.31. The SMILES string of the molecule is Brc1cncc(C23CCCN2CCC3)c1. The lowest BCUT2D eigenvalue weighted by Gasteiger charge is -2.32. The van der Waals surface area contributed by atoms with Crippen LogP contribution < -0.4 is 0 Å². The minimum atomic E-state index is 0.330. The number of nitrogens with zero attached hydrogens (tertiary/aromatic N) is 2. The predicted molar refractivity (Wildman–Crippen MR) is 63.7 cm³/mol. The number of aromatic nitrogens is 1. The Bertz CT molecular complexity index is 368. The van der Waals surface area contributed by atoms with Gasteiger partial charge < -0.3 is 0 Å². The van der Waals surface area contributed by atoms with E-state index in [9.17, 15) is 0 Å². The van der Waals surface area contributed by atoms with Crippen LogP contribution in [0.25, 0.3) is 0 Å². The first-order valence-electron chi connectivity index (χ1n) is 5.67. The summed E-state index contributed by atoms with van der Waals surface area (Å²) in [6.07, 6.45) is 9.22. The van der Waals surface area contributed by atoms with Gasteiger partial charge in [0.1, 0.15) is 0 Å². The van der Waals surface area contributed by atoms with E-state index < -0.39 is 0 Å². The minimum Gasteiger partial charge on any atom is -0.294 e. The molecular weight excluding hydrogens is 252 g/mol. The highest BCUT2D eigenvalue weighted by Gasteiger charge is 2.45. The summed E-state index contributed by atoms with van der Waals surface area (Å²) in [7, 11) is 0. The summed E-state index contributed by atoms with van der Waals surface area (Å²) < 4.78 is 1.10. The van der Waals surface area contributed by atoms with Crippen LogP contribution in [0, 0.1) is 0 Å². The molecule has 80 valence electrons. The van der Waals surface area contributed by atoms with Crippen LogP contribution in [0.3, 0.4) is 0 Å². The van der Waals surface area contributed by atoms with Crippen molar-refractivity contribution in [1.82, 2.24) is 9.88 Å². The number of pyridine rings is 1. The van der Waals surface area contributed by atoms with Crippen molar-refractivity contribution >= 4 is 15.9 Å². The molecule has 2 fully saturated rings. The van der Waals surface area contributed by atoms with Crippen LogP contribution in [0.5, 0.6) is 0 Å². The van der Waals surface area contributed by atoms with Gasteiger partial charge in [0, 0.05) is 22.4 Å². The predicted octanol–water partition coefficient (Wildman–Crippen LogP) is 2.93. The molecule has 0 N–H and O–H groups in total. The number of fused-ring (bicyclic) bond motifs is 1. The van der Waals surface area contributed by atoms with Gasteiger partial charge in [0.25, 0.3) is 0 Å². The molecule has 15 heavy (non-hydrogen) atoms. The van der Waals surface area contributed by atoms with Crippen LogP contribution in [0.4, 0.5) is 0 Å². The number of hydrogen-bond donors (Lipinski definition) is 0. The summed E-state index contributed by atoms with van der Waals surface area (Å²) in [5.74, 6) is 0. The molecule has 0 saturated carbocycles. The first-order chi connectivity index (χ1) is 7.31. The first-order valence-corrected chi connectivity index (χ1v) is 6.47. The van der Waals surface area contributed by atoms with E-state index in [1.54, 1.807) is 0 Å². The molecule has 0 bridgehead atoms. The smallest absolute Gasteiger partial charge is 0.0477 e. The summed E-state index contributed by atoms with van der Waals surface area (Å²) in [6.45, 7) is 2.54. The topological polar surface area (TPSA) is 16.1 Å². The lowest BCUT2D eigenvalue weighted by molar-refractivity contribution is 0.197. The number of halogens is 1. The average Bonchev–Trinajstić information content (AvgIpc) is 2.75. The van der Waals surface area contributed by atoms with Crippen molar-refractivity contribution in [2.75, 3.05) is 13.1 Å². The fraction of sp³-hybridized carbons (Fsp3) is 0.583. The third-order valence-electron chi connectivity index (χ3n) is 3.88. The molecule has 3 rings (SSSR count). The van der Waals surface area contributed by atoms with Crippen molar-refractivity contribution in [3.63, 3.8) is 0 Å². The number of rotatable bonds is 1. The van der Waals surface area contributed by atoms with E-state index in [1.807, 2.05) is 6.20 Å². The summed E-state index contributed by atoms with van der Waals surface area (Å²) in [6, 6.07) is 2.25. The molecule has 3 heterocycles. The van der Waals surface area contributed by atoms with Gasteiger partial charge in [-0.2, -0.15) is 0 Å². The molecule has 2 saturated heterocycles. The minimum absolute atomic E-state index is 0.330. The van der Waals surface area contributed by atoms with Crippen LogP contribution in [-0.4, -0.2) is 23.0 Å². The van der Waals surface area contributed by atoms with Gasteiger partial charge in [-0.3, -0.25) is 9.88 Å². The largest absolute Gasteiger partial charge is 0.294 e. The van der Waals surface area contributed by atoms with Crippen molar-refractivity contribution < 1.29 is 0 Å². The zero-order valence-corrected chi connectivity index (χ0v) is 10.3. The fourth-order valence-corrected chi connectivity index (χ4v) is 3.61. The van der Waals surface area contributed by atoms with E-state index in [1.165, 1.54) is 44.3 Å². The molecule has 2 aliphatic heterocycles. The van der Waals surface area contributed by atoms with Crippen LogP contribution in [0.15, 0.2) is 22.9 Å². The molecule has 0 radical (unpaired) electrons. The van der Waals surface area contributed by atoms with Crippen LogP contribution in [0.1, 0.15) is 31.2 Å². The van der Waals surface area contributed by atoms with Crippen molar-refractivity contribution in [1.29, 1.82) is 0 Å². The van der Waals surface area contributed by atoms with E-state index in [2.05, 4.69) is 38.1 Å². The van der Waals surface area contributed by atoms with Crippen LogP contribution in [-0.2, 0) is 5.54 Å². The molecule has 2 nitrogen and oxygen atoms in total. The summed E-state index contributed by atoms with van der Waals surface area (Å²) in [5, 5.41) is 0. The molecule has 1 aromatic rings. The average molecular weight is 267 g/mol. The molecule has 0 unspecified atom stereocenters. The highest BCUT2D eigenvalue weighted by molar-refractivity contribution is 9.10. The Morgan fingerprint density at radius 2 is 1.93 bits per heavy atom. The van der Waals surface area contributed by atoms with Gasteiger partial charge in [-0.1, -0.05) is 0 Å². The van der Waals surface area contributed by atoms with Gasteiger partial charge >= 0.3 is 0 Å². The lowest BCUT2D eigenvalue weighted by atomic mass is 9.87. The zero-order chi connectivity index (χ0) is 10.3. The fourth-order valence-electron chi connectivity index (χ4n) is 3.24. The molecule has 3 heteroatoms. The quantitative estimate of drug-likeness (QED) is 0.777. The van der Waals surface area contributed by atoms with Crippen molar-refractivity contribution in [2.24, 2.45) is 0 Å². The summed E-state index contributed by atoms with van der Waals surface area (Å²) in [4.78, 5) is 6.96. The van der Waals surface area contributed by atoms with Gasteiger partial charge in [-0.05, 0) is 66.3 Å². The highest BCUT2D eigenvalue weighted by Crippen LogP contribution is 2.46. The zero-order valence-electron chi connectivity index (χ0n) is 8.75. The summed E-state index contributed by atoms with van der Waals surface area (Å²) in [5.41, 5.74) is 1.74.